The van der Waals surface area contributed by atoms with E-state index in [0.29, 0.717) is 24.9 Å². The van der Waals surface area contributed by atoms with Gasteiger partial charge in [-0.15, -0.1) is 0 Å². The first-order valence-electron chi connectivity index (χ1n) is 6.74. The molecule has 2 aromatic heterocycles. The number of nitrogens with one attached hydrogen (secondary N) is 1. The second kappa shape index (κ2) is 7.02. The van der Waals surface area contributed by atoms with Gasteiger partial charge in [-0.25, -0.2) is 0 Å². The summed E-state index contributed by atoms with van der Waals surface area (Å²) in [7, 11) is 1.59. The Bertz CT molecular complexity index is 595. The molecular weight excluding hydrogens is 294 g/mol. The molecule has 0 aliphatic carbocycles. The summed E-state index contributed by atoms with van der Waals surface area (Å²) >= 11 is 6.14. The zero-order valence-electron chi connectivity index (χ0n) is 12.7. The van der Waals surface area contributed by atoms with Gasteiger partial charge < -0.3 is 14.6 Å². The average Bonchev–Trinajstić information content (AvgIpc) is 2.99. The van der Waals surface area contributed by atoms with Crippen LogP contribution in [0.5, 0.6) is 0 Å². The molecule has 0 radical (unpaired) electrons. The maximum absolute atomic E-state index is 6.14. The van der Waals surface area contributed by atoms with Crippen molar-refractivity contribution in [2.24, 2.45) is 0 Å². The summed E-state index contributed by atoms with van der Waals surface area (Å²) in [4.78, 5) is 4.21. The number of aryl methyl sites for hydroxylation is 1. The molecule has 0 spiro atoms. The Balaban J connectivity index is 1.86. The second-order valence-electron chi connectivity index (χ2n) is 4.99. The maximum Gasteiger partial charge on any atom is 0.240 e. The van der Waals surface area contributed by atoms with Crippen molar-refractivity contribution in [2.75, 3.05) is 7.11 Å². The van der Waals surface area contributed by atoms with Crippen LogP contribution in [0.15, 0.2) is 4.52 Å². The molecule has 0 saturated carbocycles. The van der Waals surface area contributed by atoms with Gasteiger partial charge >= 0.3 is 0 Å². The highest BCUT2D eigenvalue weighted by atomic mass is 35.5. The van der Waals surface area contributed by atoms with Crippen LogP contribution in [-0.2, 0) is 24.4 Å². The molecule has 21 heavy (non-hydrogen) atoms. The van der Waals surface area contributed by atoms with Crippen LogP contribution in [0.1, 0.15) is 30.0 Å². The zero-order valence-corrected chi connectivity index (χ0v) is 13.4. The predicted octanol–water partition coefficient (Wildman–Crippen LogP) is 1.86. The van der Waals surface area contributed by atoms with E-state index < -0.39 is 0 Å². The minimum atomic E-state index is 0.192. The number of ether oxygens (including phenoxy) is 1. The molecule has 7 nitrogen and oxygen atoms in total. The van der Waals surface area contributed by atoms with Crippen LogP contribution in [0.4, 0.5) is 0 Å². The van der Waals surface area contributed by atoms with Crippen molar-refractivity contribution in [1.82, 2.24) is 25.2 Å². The molecule has 2 rings (SSSR count). The predicted molar refractivity (Wildman–Crippen MR) is 78.0 cm³/mol. The van der Waals surface area contributed by atoms with Crippen LogP contribution < -0.4 is 5.32 Å². The summed E-state index contributed by atoms with van der Waals surface area (Å²) in [5.41, 5.74) is 1.82. The van der Waals surface area contributed by atoms with E-state index in [0.717, 1.165) is 23.0 Å². The lowest BCUT2D eigenvalue weighted by Gasteiger charge is -2.13. The minimum Gasteiger partial charge on any atom is -0.377 e. The van der Waals surface area contributed by atoms with Crippen molar-refractivity contribution in [1.29, 1.82) is 0 Å². The zero-order chi connectivity index (χ0) is 15.4. The second-order valence-corrected chi connectivity index (χ2v) is 5.36. The Labute approximate surface area is 128 Å². The Morgan fingerprint density at radius 2 is 2.19 bits per heavy atom. The summed E-state index contributed by atoms with van der Waals surface area (Å²) in [6.45, 7) is 7.51. The molecule has 116 valence electrons. The largest absolute Gasteiger partial charge is 0.377 e. The van der Waals surface area contributed by atoms with Gasteiger partial charge in [0, 0.05) is 13.2 Å². The third kappa shape index (κ3) is 4.03. The third-order valence-electron chi connectivity index (χ3n) is 3.13. The summed E-state index contributed by atoms with van der Waals surface area (Å²) in [6, 6.07) is 0.192. The first-order valence-corrected chi connectivity index (χ1v) is 7.12. The summed E-state index contributed by atoms with van der Waals surface area (Å²) in [6.07, 6.45) is 0. The normalized spacial score (nSPS) is 12.8. The molecule has 0 amide bonds. The van der Waals surface area contributed by atoms with E-state index in [2.05, 4.69) is 27.5 Å². The topological polar surface area (TPSA) is 78.0 Å². The highest BCUT2D eigenvalue weighted by molar-refractivity contribution is 6.31. The molecule has 8 heteroatoms. The molecule has 0 aromatic carbocycles. The molecule has 2 heterocycles. The molecule has 1 N–H and O–H groups in total. The van der Waals surface area contributed by atoms with Gasteiger partial charge in [0.1, 0.15) is 6.61 Å². The number of hydrogen-bond acceptors (Lipinski definition) is 6. The van der Waals surface area contributed by atoms with Crippen LogP contribution in [-0.4, -0.2) is 33.1 Å². The van der Waals surface area contributed by atoms with E-state index in [1.54, 1.807) is 7.11 Å². The number of halogens is 1. The van der Waals surface area contributed by atoms with Gasteiger partial charge in [0.2, 0.25) is 5.89 Å². The Morgan fingerprint density at radius 1 is 1.43 bits per heavy atom. The SMILES string of the molecule is COCc1noc(CNC(C)Cn2nc(C)c(Cl)c2C)n1. The highest BCUT2D eigenvalue weighted by Gasteiger charge is 2.13. The summed E-state index contributed by atoms with van der Waals surface area (Å²) < 4.78 is 12.0. The Hall–Kier alpha value is -1.44. The lowest BCUT2D eigenvalue weighted by molar-refractivity contribution is 0.174. The molecule has 1 atom stereocenters. The van der Waals surface area contributed by atoms with Gasteiger partial charge in [-0.05, 0) is 20.8 Å². The molecule has 0 aliphatic heterocycles. The Morgan fingerprint density at radius 3 is 2.81 bits per heavy atom. The van der Waals surface area contributed by atoms with Gasteiger partial charge in [0.15, 0.2) is 5.82 Å². The fraction of sp³-hybridized carbons (Fsp3) is 0.615. The average molecular weight is 314 g/mol. The van der Waals surface area contributed by atoms with Crippen molar-refractivity contribution < 1.29 is 9.26 Å². The molecule has 0 fully saturated rings. The lowest BCUT2D eigenvalue weighted by Crippen LogP contribution is -2.30. The number of hydrogen-bond donors (Lipinski definition) is 1. The van der Waals surface area contributed by atoms with E-state index in [1.165, 1.54) is 0 Å². The van der Waals surface area contributed by atoms with Gasteiger partial charge in [0.05, 0.1) is 29.5 Å². The number of rotatable bonds is 7. The molecule has 2 aromatic rings. The van der Waals surface area contributed by atoms with Crippen LogP contribution in [0.25, 0.3) is 0 Å². The van der Waals surface area contributed by atoms with Gasteiger partial charge in [-0.2, -0.15) is 10.1 Å². The minimum absolute atomic E-state index is 0.192. The molecular formula is C13H20ClN5O2. The Kier molecular flexibility index (Phi) is 5.33. The van der Waals surface area contributed by atoms with Crippen molar-refractivity contribution in [3.63, 3.8) is 0 Å². The standard InChI is InChI=1S/C13H20ClN5O2/c1-8(6-19-10(3)13(14)9(2)17-19)15-5-12-16-11(7-20-4)18-21-12/h8,15H,5-7H2,1-4H3. The molecule has 0 bridgehead atoms. The van der Waals surface area contributed by atoms with E-state index >= 15 is 0 Å². The maximum atomic E-state index is 6.14. The first-order chi connectivity index (χ1) is 10.0. The quantitative estimate of drug-likeness (QED) is 0.840. The van der Waals surface area contributed by atoms with Crippen LogP contribution in [0.3, 0.4) is 0 Å². The number of aromatic nitrogens is 4. The monoisotopic (exact) mass is 313 g/mol. The van der Waals surface area contributed by atoms with Gasteiger partial charge in [0.25, 0.3) is 0 Å². The van der Waals surface area contributed by atoms with Crippen LogP contribution in [0, 0.1) is 13.8 Å². The first kappa shape index (κ1) is 15.9. The fourth-order valence-corrected chi connectivity index (χ4v) is 2.12. The molecule has 0 aliphatic rings. The van der Waals surface area contributed by atoms with E-state index in [4.69, 9.17) is 20.9 Å². The van der Waals surface area contributed by atoms with Crippen molar-refractivity contribution in [3.8, 4) is 0 Å². The lowest BCUT2D eigenvalue weighted by atomic mass is 10.3. The van der Waals surface area contributed by atoms with Crippen molar-refractivity contribution >= 4 is 11.6 Å². The summed E-state index contributed by atoms with van der Waals surface area (Å²) in [5, 5.41) is 12.3. The summed E-state index contributed by atoms with van der Waals surface area (Å²) in [5.74, 6) is 1.09. The van der Waals surface area contributed by atoms with Crippen LogP contribution >= 0.6 is 11.6 Å². The van der Waals surface area contributed by atoms with Crippen molar-refractivity contribution in [2.45, 2.75) is 46.5 Å². The van der Waals surface area contributed by atoms with Gasteiger partial charge in [-0.3, -0.25) is 4.68 Å². The number of nitrogens with zero attached hydrogens (tertiary/aromatic N) is 4. The van der Waals surface area contributed by atoms with Crippen molar-refractivity contribution in [3.05, 3.63) is 28.1 Å². The smallest absolute Gasteiger partial charge is 0.240 e. The molecule has 1 unspecified atom stereocenters. The van der Waals surface area contributed by atoms with E-state index in [-0.39, 0.29) is 6.04 Å². The highest BCUT2D eigenvalue weighted by Crippen LogP contribution is 2.18. The third-order valence-corrected chi connectivity index (χ3v) is 3.67. The van der Waals surface area contributed by atoms with Gasteiger partial charge in [-0.1, -0.05) is 16.8 Å². The number of methoxy groups -OCH3 is 1. The van der Waals surface area contributed by atoms with Crippen LogP contribution in [0.2, 0.25) is 5.02 Å². The fourth-order valence-electron chi connectivity index (χ4n) is 1.99. The molecule has 0 saturated heterocycles. The van der Waals surface area contributed by atoms with E-state index in [9.17, 15) is 0 Å². The van der Waals surface area contributed by atoms with E-state index in [1.807, 2.05) is 18.5 Å².